The Kier molecular flexibility index (Phi) is 3.15. The molecule has 0 fully saturated rings. The van der Waals surface area contributed by atoms with Gasteiger partial charge < -0.3 is 4.90 Å². The molecule has 0 saturated carbocycles. The van der Waals surface area contributed by atoms with Crippen molar-refractivity contribution in [3.63, 3.8) is 0 Å². The Balaban J connectivity index is 2.37. The first-order chi connectivity index (χ1) is 7.29. The quantitative estimate of drug-likeness (QED) is 0.799. The van der Waals surface area contributed by atoms with Crippen molar-refractivity contribution in [3.05, 3.63) is 46.4 Å². The second-order valence-corrected chi connectivity index (χ2v) is 4.25. The van der Waals surface area contributed by atoms with Crippen molar-refractivity contribution in [2.45, 2.75) is 0 Å². The molecule has 0 saturated heterocycles. The molecule has 0 N–H and O–H groups in total. The van der Waals surface area contributed by atoms with Gasteiger partial charge in [-0.25, -0.2) is 9.97 Å². The summed E-state index contributed by atoms with van der Waals surface area (Å²) in [5.41, 5.74) is 1.12. The van der Waals surface area contributed by atoms with E-state index in [-0.39, 0.29) is 0 Å². The van der Waals surface area contributed by atoms with Crippen LogP contribution in [0.4, 0.5) is 11.5 Å². The molecule has 1 aromatic carbocycles. The molecule has 2 rings (SSSR count). The summed E-state index contributed by atoms with van der Waals surface area (Å²) in [6.45, 7) is 0. The Morgan fingerprint density at radius 3 is 2.60 bits per heavy atom. The Bertz CT molecular complexity index is 445. The number of para-hydroxylation sites is 1. The van der Waals surface area contributed by atoms with Crippen molar-refractivity contribution >= 4 is 34.1 Å². The minimum absolute atomic E-state index is 0.928. The predicted molar refractivity (Wildman–Crippen MR) is 69.3 cm³/mol. The van der Waals surface area contributed by atoms with Gasteiger partial charge in [0.25, 0.3) is 0 Å². The molecule has 0 bridgehead atoms. The van der Waals surface area contributed by atoms with E-state index in [1.807, 2.05) is 36.3 Å². The van der Waals surface area contributed by atoms with Crippen molar-refractivity contribution in [2.24, 2.45) is 0 Å². The van der Waals surface area contributed by atoms with Crippen LogP contribution in [0.1, 0.15) is 0 Å². The molecule has 4 heteroatoms. The third-order valence-electron chi connectivity index (χ3n) is 2.11. The fourth-order valence-corrected chi connectivity index (χ4v) is 1.99. The molecule has 1 heterocycles. The lowest BCUT2D eigenvalue weighted by Gasteiger charge is -2.18. The molecule has 2 aromatic rings. The largest absolute Gasteiger partial charge is 0.329 e. The Morgan fingerprint density at radius 1 is 1.20 bits per heavy atom. The van der Waals surface area contributed by atoms with E-state index in [0.717, 1.165) is 15.1 Å². The zero-order chi connectivity index (χ0) is 10.7. The van der Waals surface area contributed by atoms with Crippen molar-refractivity contribution < 1.29 is 0 Å². The van der Waals surface area contributed by atoms with Gasteiger partial charge in [-0.2, -0.15) is 0 Å². The van der Waals surface area contributed by atoms with Crippen LogP contribution in [0.5, 0.6) is 0 Å². The number of aromatic nitrogens is 2. The van der Waals surface area contributed by atoms with Gasteiger partial charge in [0, 0.05) is 18.9 Å². The summed E-state index contributed by atoms with van der Waals surface area (Å²) in [4.78, 5) is 10.3. The Labute approximate surface area is 102 Å². The first-order valence-corrected chi connectivity index (χ1v) is 5.61. The summed E-state index contributed by atoms with van der Waals surface area (Å²) in [6, 6.07) is 10.1. The van der Waals surface area contributed by atoms with E-state index in [1.165, 1.54) is 0 Å². The van der Waals surface area contributed by atoms with E-state index in [1.54, 1.807) is 6.33 Å². The SMILES string of the molecule is CN(c1ccccc1)c1ncncc1I. The summed E-state index contributed by atoms with van der Waals surface area (Å²) < 4.78 is 1.04. The third kappa shape index (κ3) is 2.26. The van der Waals surface area contributed by atoms with Gasteiger partial charge in [0.1, 0.15) is 12.1 Å². The van der Waals surface area contributed by atoms with Gasteiger partial charge in [-0.1, -0.05) is 18.2 Å². The number of hydrogen-bond donors (Lipinski definition) is 0. The molecule has 0 spiro atoms. The van der Waals surface area contributed by atoms with Crippen LogP contribution in [0.2, 0.25) is 0 Å². The first kappa shape index (κ1) is 10.4. The molecular weight excluding hydrogens is 301 g/mol. The van der Waals surface area contributed by atoms with Gasteiger partial charge in [0.2, 0.25) is 0 Å². The molecule has 15 heavy (non-hydrogen) atoms. The zero-order valence-electron chi connectivity index (χ0n) is 8.26. The average Bonchev–Trinajstić information content (AvgIpc) is 2.30. The number of halogens is 1. The van der Waals surface area contributed by atoms with Crippen molar-refractivity contribution in [2.75, 3.05) is 11.9 Å². The van der Waals surface area contributed by atoms with Gasteiger partial charge in [0.05, 0.1) is 3.57 Å². The van der Waals surface area contributed by atoms with Crippen LogP contribution < -0.4 is 4.90 Å². The van der Waals surface area contributed by atoms with Crippen LogP contribution in [0.25, 0.3) is 0 Å². The summed E-state index contributed by atoms with van der Waals surface area (Å²) in [5.74, 6) is 0.928. The molecule has 0 aliphatic rings. The second-order valence-electron chi connectivity index (χ2n) is 3.09. The maximum atomic E-state index is 4.26. The highest BCUT2D eigenvalue weighted by molar-refractivity contribution is 14.1. The van der Waals surface area contributed by atoms with E-state index < -0.39 is 0 Å². The normalized spacial score (nSPS) is 10.0. The minimum Gasteiger partial charge on any atom is -0.329 e. The molecule has 0 aliphatic heterocycles. The van der Waals surface area contributed by atoms with Gasteiger partial charge in [-0.3, -0.25) is 0 Å². The van der Waals surface area contributed by atoms with Gasteiger partial charge >= 0.3 is 0 Å². The Morgan fingerprint density at radius 2 is 1.93 bits per heavy atom. The van der Waals surface area contributed by atoms with Crippen LogP contribution in [0, 0.1) is 3.57 Å². The fourth-order valence-electron chi connectivity index (χ4n) is 1.33. The molecule has 0 aliphatic carbocycles. The number of nitrogens with zero attached hydrogens (tertiary/aromatic N) is 3. The lowest BCUT2D eigenvalue weighted by Crippen LogP contribution is -2.12. The zero-order valence-corrected chi connectivity index (χ0v) is 10.4. The van der Waals surface area contributed by atoms with Crippen LogP contribution in [0.3, 0.4) is 0 Å². The molecule has 1 aromatic heterocycles. The van der Waals surface area contributed by atoms with Crippen molar-refractivity contribution in [1.29, 1.82) is 0 Å². The summed E-state index contributed by atoms with van der Waals surface area (Å²) in [5, 5.41) is 0. The topological polar surface area (TPSA) is 29.0 Å². The molecule has 0 atom stereocenters. The Hall–Kier alpha value is -1.17. The first-order valence-electron chi connectivity index (χ1n) is 4.53. The van der Waals surface area contributed by atoms with Crippen LogP contribution >= 0.6 is 22.6 Å². The van der Waals surface area contributed by atoms with Crippen molar-refractivity contribution in [1.82, 2.24) is 9.97 Å². The monoisotopic (exact) mass is 311 g/mol. The average molecular weight is 311 g/mol. The van der Waals surface area contributed by atoms with E-state index in [4.69, 9.17) is 0 Å². The van der Waals surface area contributed by atoms with Gasteiger partial charge in [0.15, 0.2) is 0 Å². The van der Waals surface area contributed by atoms with E-state index in [9.17, 15) is 0 Å². The number of anilines is 2. The highest BCUT2D eigenvalue weighted by atomic mass is 127. The number of benzene rings is 1. The molecule has 3 nitrogen and oxygen atoms in total. The standard InChI is InChI=1S/C11H10IN3/c1-15(9-5-3-2-4-6-9)11-10(12)7-13-8-14-11/h2-8H,1H3. The summed E-state index contributed by atoms with van der Waals surface area (Å²) in [6.07, 6.45) is 3.37. The number of hydrogen-bond acceptors (Lipinski definition) is 3. The molecule has 76 valence electrons. The lowest BCUT2D eigenvalue weighted by atomic mass is 10.3. The summed E-state index contributed by atoms with van der Waals surface area (Å²) >= 11 is 2.24. The van der Waals surface area contributed by atoms with E-state index >= 15 is 0 Å². The lowest BCUT2D eigenvalue weighted by molar-refractivity contribution is 1.06. The smallest absolute Gasteiger partial charge is 0.149 e. The highest BCUT2D eigenvalue weighted by Crippen LogP contribution is 2.24. The van der Waals surface area contributed by atoms with Crippen LogP contribution in [-0.2, 0) is 0 Å². The maximum Gasteiger partial charge on any atom is 0.149 e. The second kappa shape index (κ2) is 4.57. The van der Waals surface area contributed by atoms with Crippen LogP contribution in [0.15, 0.2) is 42.9 Å². The van der Waals surface area contributed by atoms with Crippen LogP contribution in [-0.4, -0.2) is 17.0 Å². The minimum atomic E-state index is 0.928. The summed E-state index contributed by atoms with van der Waals surface area (Å²) in [7, 11) is 2.00. The predicted octanol–water partition coefficient (Wildman–Crippen LogP) is 2.85. The molecular formula is C11H10IN3. The molecule has 0 unspecified atom stereocenters. The molecule has 0 radical (unpaired) electrons. The van der Waals surface area contributed by atoms with Gasteiger partial charge in [-0.15, -0.1) is 0 Å². The van der Waals surface area contributed by atoms with E-state index in [0.29, 0.717) is 0 Å². The maximum absolute atomic E-state index is 4.26. The number of rotatable bonds is 2. The fraction of sp³-hybridized carbons (Fsp3) is 0.0909. The van der Waals surface area contributed by atoms with Crippen molar-refractivity contribution in [3.8, 4) is 0 Å². The third-order valence-corrected chi connectivity index (χ3v) is 2.87. The van der Waals surface area contributed by atoms with Gasteiger partial charge in [-0.05, 0) is 34.7 Å². The highest BCUT2D eigenvalue weighted by Gasteiger charge is 2.07. The van der Waals surface area contributed by atoms with E-state index in [2.05, 4.69) is 44.7 Å². The molecule has 0 amide bonds.